The van der Waals surface area contributed by atoms with Gasteiger partial charge in [0.2, 0.25) is 0 Å². The van der Waals surface area contributed by atoms with Gasteiger partial charge in [-0.15, -0.1) is 11.3 Å². The molecule has 1 atom stereocenters. The largest absolute Gasteiger partial charge is 0.483 e. The highest BCUT2D eigenvalue weighted by molar-refractivity contribution is 7.17. The van der Waals surface area contributed by atoms with E-state index in [0.717, 1.165) is 64.4 Å². The highest BCUT2D eigenvalue weighted by Crippen LogP contribution is 2.47. The van der Waals surface area contributed by atoms with Crippen LogP contribution in [0.15, 0.2) is 29.9 Å². The topological polar surface area (TPSA) is 64.9 Å². The van der Waals surface area contributed by atoms with Gasteiger partial charge in [-0.05, 0) is 23.6 Å². The predicted molar refractivity (Wildman–Crippen MR) is 114 cm³/mol. The minimum atomic E-state index is -0.0796. The number of ether oxygens (including phenoxy) is 1. The Kier molecular flexibility index (Phi) is 3.91. The van der Waals surface area contributed by atoms with Gasteiger partial charge in [-0.25, -0.2) is 9.97 Å². The van der Waals surface area contributed by atoms with E-state index >= 15 is 0 Å². The first-order valence-electron chi connectivity index (χ1n) is 9.62. The van der Waals surface area contributed by atoms with Gasteiger partial charge in [-0.2, -0.15) is 5.10 Å². The molecule has 0 bridgehead atoms. The maximum atomic E-state index is 6.56. The molecular weight excluding hydrogens is 406 g/mol. The van der Waals surface area contributed by atoms with E-state index in [-0.39, 0.29) is 6.10 Å². The Balaban J connectivity index is 1.47. The smallest absolute Gasteiger partial charge is 0.145 e. The maximum absolute atomic E-state index is 6.56. The Morgan fingerprint density at radius 1 is 1.31 bits per heavy atom. The molecular formula is C21H18ClN5OS. The van der Waals surface area contributed by atoms with Crippen LogP contribution in [0.25, 0.3) is 21.5 Å². The summed E-state index contributed by atoms with van der Waals surface area (Å²) in [5, 5.41) is 10.9. The van der Waals surface area contributed by atoms with Gasteiger partial charge in [0.15, 0.2) is 0 Å². The Morgan fingerprint density at radius 2 is 2.24 bits per heavy atom. The summed E-state index contributed by atoms with van der Waals surface area (Å²) in [4.78, 5) is 8.94. The molecule has 0 spiro atoms. The van der Waals surface area contributed by atoms with Crippen molar-refractivity contribution in [2.24, 2.45) is 7.05 Å². The fraction of sp³-hybridized carbons (Fsp3) is 0.286. The summed E-state index contributed by atoms with van der Waals surface area (Å²) >= 11 is 8.13. The summed E-state index contributed by atoms with van der Waals surface area (Å²) in [5.74, 6) is 0.867. The van der Waals surface area contributed by atoms with E-state index in [1.54, 1.807) is 17.7 Å². The molecule has 0 saturated heterocycles. The van der Waals surface area contributed by atoms with Crippen molar-refractivity contribution >= 4 is 33.2 Å². The van der Waals surface area contributed by atoms with Crippen LogP contribution in [0.1, 0.15) is 28.6 Å². The molecule has 6 rings (SSSR count). The van der Waals surface area contributed by atoms with Crippen molar-refractivity contribution in [3.05, 3.63) is 57.4 Å². The second-order valence-electron chi connectivity index (χ2n) is 7.47. The summed E-state index contributed by atoms with van der Waals surface area (Å²) in [6, 6.07) is 5.97. The number of aryl methyl sites for hydroxylation is 1. The zero-order valence-corrected chi connectivity index (χ0v) is 17.3. The fourth-order valence-electron chi connectivity index (χ4n) is 4.49. The number of fused-ring (bicyclic) bond motifs is 3. The minimum Gasteiger partial charge on any atom is -0.483 e. The Bertz CT molecular complexity index is 1260. The predicted octanol–water partition coefficient (Wildman–Crippen LogP) is 4.07. The van der Waals surface area contributed by atoms with E-state index in [1.807, 2.05) is 35.3 Å². The molecule has 4 aromatic rings. The Hall–Kier alpha value is -2.48. The zero-order chi connectivity index (χ0) is 19.5. The number of hydrogen-bond donors (Lipinski definition) is 1. The van der Waals surface area contributed by atoms with E-state index in [1.165, 1.54) is 11.3 Å². The first-order valence-corrected chi connectivity index (χ1v) is 10.9. The average molecular weight is 424 g/mol. The third-order valence-corrected chi connectivity index (χ3v) is 6.85. The summed E-state index contributed by atoms with van der Waals surface area (Å²) in [5.41, 5.74) is 7.45. The molecule has 146 valence electrons. The number of thiophene rings is 1. The van der Waals surface area contributed by atoms with Gasteiger partial charge in [0.05, 0.1) is 27.3 Å². The summed E-state index contributed by atoms with van der Waals surface area (Å²) < 4.78 is 9.59. The van der Waals surface area contributed by atoms with Crippen LogP contribution in [0, 0.1) is 0 Å². The van der Waals surface area contributed by atoms with Crippen LogP contribution < -0.4 is 10.1 Å². The molecule has 0 unspecified atom stereocenters. The van der Waals surface area contributed by atoms with Crippen molar-refractivity contribution in [2.45, 2.75) is 25.5 Å². The van der Waals surface area contributed by atoms with Crippen molar-refractivity contribution in [2.75, 3.05) is 6.54 Å². The summed E-state index contributed by atoms with van der Waals surface area (Å²) in [6.45, 7) is 1.81. The second-order valence-corrected chi connectivity index (χ2v) is 8.82. The molecule has 2 aliphatic rings. The van der Waals surface area contributed by atoms with Crippen LogP contribution >= 0.6 is 22.9 Å². The minimum absolute atomic E-state index is 0.0796. The van der Waals surface area contributed by atoms with Crippen LogP contribution in [-0.4, -0.2) is 26.3 Å². The van der Waals surface area contributed by atoms with E-state index in [9.17, 15) is 0 Å². The summed E-state index contributed by atoms with van der Waals surface area (Å²) in [7, 11) is 2.01. The highest BCUT2D eigenvalue weighted by atomic mass is 35.5. The molecule has 0 saturated carbocycles. The number of hydrogen-bond acceptors (Lipinski definition) is 6. The molecule has 3 aromatic heterocycles. The molecule has 0 radical (unpaired) electrons. The van der Waals surface area contributed by atoms with E-state index < -0.39 is 0 Å². The van der Waals surface area contributed by atoms with Crippen molar-refractivity contribution in [3.63, 3.8) is 0 Å². The molecule has 29 heavy (non-hydrogen) atoms. The Labute approximate surface area is 176 Å². The third-order valence-electron chi connectivity index (χ3n) is 5.72. The molecule has 8 heteroatoms. The maximum Gasteiger partial charge on any atom is 0.145 e. The van der Waals surface area contributed by atoms with Crippen LogP contribution in [0.4, 0.5) is 0 Å². The van der Waals surface area contributed by atoms with Crippen LogP contribution in [0.5, 0.6) is 5.75 Å². The number of aromatic nitrogens is 4. The third kappa shape index (κ3) is 2.68. The van der Waals surface area contributed by atoms with Crippen LogP contribution in [0.2, 0.25) is 5.02 Å². The van der Waals surface area contributed by atoms with Gasteiger partial charge in [-0.3, -0.25) is 4.68 Å². The summed E-state index contributed by atoms with van der Waals surface area (Å²) in [6.07, 6.45) is 3.25. The van der Waals surface area contributed by atoms with Gasteiger partial charge in [0, 0.05) is 54.7 Å². The van der Waals surface area contributed by atoms with E-state index in [2.05, 4.69) is 15.3 Å². The first kappa shape index (κ1) is 17.4. The molecule has 5 heterocycles. The lowest BCUT2D eigenvalue weighted by molar-refractivity contribution is 0.226. The SMILES string of the molecule is Cn1nc2c(c1[C@H]1Cc3cc(Cl)cc(-c4ncnc5ccsc45)c3O1)CNCC2. The van der Waals surface area contributed by atoms with Gasteiger partial charge in [0.25, 0.3) is 0 Å². The molecule has 1 N–H and O–H groups in total. The number of rotatable bonds is 2. The van der Waals surface area contributed by atoms with Crippen LogP contribution in [-0.2, 0) is 26.4 Å². The van der Waals surface area contributed by atoms with Gasteiger partial charge < -0.3 is 10.1 Å². The molecule has 1 aromatic carbocycles. The van der Waals surface area contributed by atoms with Gasteiger partial charge >= 0.3 is 0 Å². The molecule has 2 aliphatic heterocycles. The standard InChI is InChI=1S/C21H18ClN5OS/c1-27-19(14-9-23-4-2-15(14)26-27)17-7-11-6-12(22)8-13(20(11)28-17)18-21-16(3-5-29-21)24-10-25-18/h3,5-6,8,10,17,23H,2,4,7,9H2,1H3/t17-/m1/s1. The normalized spacial score (nSPS) is 17.9. The second kappa shape index (κ2) is 6.52. The van der Waals surface area contributed by atoms with Crippen molar-refractivity contribution in [3.8, 4) is 17.0 Å². The lowest BCUT2D eigenvalue weighted by atomic mass is 9.99. The molecule has 0 aliphatic carbocycles. The highest BCUT2D eigenvalue weighted by Gasteiger charge is 2.34. The van der Waals surface area contributed by atoms with Crippen LogP contribution in [0.3, 0.4) is 0 Å². The van der Waals surface area contributed by atoms with E-state index in [0.29, 0.717) is 5.02 Å². The monoisotopic (exact) mass is 423 g/mol. The number of nitrogens with zero attached hydrogens (tertiary/aromatic N) is 4. The van der Waals surface area contributed by atoms with Crippen molar-refractivity contribution in [1.29, 1.82) is 0 Å². The van der Waals surface area contributed by atoms with Crippen molar-refractivity contribution in [1.82, 2.24) is 25.1 Å². The lowest BCUT2D eigenvalue weighted by Gasteiger charge is -2.17. The average Bonchev–Trinajstić information content (AvgIpc) is 3.42. The quantitative estimate of drug-likeness (QED) is 0.526. The fourth-order valence-corrected chi connectivity index (χ4v) is 5.58. The van der Waals surface area contributed by atoms with E-state index in [4.69, 9.17) is 21.4 Å². The first-order chi connectivity index (χ1) is 14.2. The van der Waals surface area contributed by atoms with Gasteiger partial charge in [-0.1, -0.05) is 11.6 Å². The van der Waals surface area contributed by atoms with Gasteiger partial charge in [0.1, 0.15) is 18.2 Å². The van der Waals surface area contributed by atoms with Crippen molar-refractivity contribution < 1.29 is 4.74 Å². The Morgan fingerprint density at radius 3 is 3.17 bits per heavy atom. The lowest BCUT2D eigenvalue weighted by Crippen LogP contribution is -2.24. The molecule has 0 amide bonds. The zero-order valence-electron chi connectivity index (χ0n) is 15.8. The molecule has 6 nitrogen and oxygen atoms in total. The number of benzene rings is 1. The molecule has 0 fully saturated rings. The number of nitrogens with one attached hydrogen (secondary N) is 1. The number of halogens is 1.